The second-order valence-corrected chi connectivity index (χ2v) is 6.28. The summed E-state index contributed by atoms with van der Waals surface area (Å²) in [6.45, 7) is 6.52. The second kappa shape index (κ2) is 8.03. The van der Waals surface area contributed by atoms with E-state index in [0.29, 0.717) is 5.89 Å². The van der Waals surface area contributed by atoms with E-state index in [9.17, 15) is 4.39 Å². The van der Waals surface area contributed by atoms with Crippen molar-refractivity contribution >= 4 is 15.9 Å². The molecule has 1 atom stereocenters. The lowest BCUT2D eigenvalue weighted by Crippen LogP contribution is -2.22. The van der Waals surface area contributed by atoms with Crippen LogP contribution in [0.5, 0.6) is 0 Å². The molecule has 0 aliphatic carbocycles. The van der Waals surface area contributed by atoms with Crippen molar-refractivity contribution in [2.45, 2.75) is 77.6 Å². The van der Waals surface area contributed by atoms with Gasteiger partial charge in [-0.15, -0.1) is 0 Å². The molecule has 0 spiro atoms. The predicted molar refractivity (Wildman–Crippen MR) is 79.8 cm³/mol. The fourth-order valence-corrected chi connectivity index (χ4v) is 2.63. The number of hydrogen-bond acceptors (Lipinski definition) is 2. The van der Waals surface area contributed by atoms with Crippen molar-refractivity contribution in [3.63, 3.8) is 0 Å². The molecule has 0 saturated heterocycles. The Kier molecular flexibility index (Phi) is 7.05. The van der Waals surface area contributed by atoms with Gasteiger partial charge >= 0.3 is 0 Å². The summed E-state index contributed by atoms with van der Waals surface area (Å²) in [4.78, 5) is 3.95. The van der Waals surface area contributed by atoms with Crippen molar-refractivity contribution in [2.75, 3.05) is 0 Å². The first-order valence-electron chi connectivity index (χ1n) is 7.35. The third kappa shape index (κ3) is 4.90. The molecule has 0 amide bonds. The van der Waals surface area contributed by atoms with Crippen LogP contribution in [0.4, 0.5) is 4.39 Å². The van der Waals surface area contributed by atoms with E-state index in [4.69, 9.17) is 4.42 Å². The molecule has 1 aromatic rings. The smallest absolute Gasteiger partial charge is 0.266 e. The van der Waals surface area contributed by atoms with Gasteiger partial charge in [0.25, 0.3) is 5.95 Å². The molecule has 1 unspecified atom stereocenters. The Morgan fingerprint density at radius 3 is 2.26 bits per heavy atom. The summed E-state index contributed by atoms with van der Waals surface area (Å²) in [6, 6.07) is 0. The SMILES string of the molecule is CCCCCCC(C)(CCCC)c1nc(F)c(Br)o1. The number of nitrogens with zero attached hydrogens (tertiary/aromatic N) is 1. The second-order valence-electron chi connectivity index (χ2n) is 5.56. The zero-order chi connectivity index (χ0) is 14.3. The van der Waals surface area contributed by atoms with Crippen molar-refractivity contribution in [3.05, 3.63) is 16.5 Å². The van der Waals surface area contributed by atoms with Gasteiger partial charge in [-0.2, -0.15) is 9.37 Å². The molecule has 0 aromatic carbocycles. The van der Waals surface area contributed by atoms with Crippen molar-refractivity contribution in [2.24, 2.45) is 0 Å². The van der Waals surface area contributed by atoms with Gasteiger partial charge in [0.2, 0.25) is 10.6 Å². The standard InChI is InChI=1S/C15H25BrFNO/c1-4-6-8-9-11-15(3,10-7-5-2)14-18-13(17)12(16)19-14/h4-11H2,1-3H3. The van der Waals surface area contributed by atoms with E-state index in [1.165, 1.54) is 19.3 Å². The number of unbranched alkanes of at least 4 members (excludes halogenated alkanes) is 4. The molecule has 0 aliphatic heterocycles. The quantitative estimate of drug-likeness (QED) is 0.518. The van der Waals surface area contributed by atoms with Crippen molar-refractivity contribution in [1.29, 1.82) is 0 Å². The summed E-state index contributed by atoms with van der Waals surface area (Å²) in [5, 5.41) is 0. The highest BCUT2D eigenvalue weighted by atomic mass is 79.9. The summed E-state index contributed by atoms with van der Waals surface area (Å²) >= 11 is 3.07. The van der Waals surface area contributed by atoms with Crippen LogP contribution >= 0.6 is 15.9 Å². The lowest BCUT2D eigenvalue weighted by molar-refractivity contribution is 0.285. The third-order valence-corrected chi connectivity index (χ3v) is 4.22. The van der Waals surface area contributed by atoms with Crippen LogP contribution in [0.3, 0.4) is 0 Å². The summed E-state index contributed by atoms with van der Waals surface area (Å²) in [7, 11) is 0. The van der Waals surface area contributed by atoms with E-state index in [-0.39, 0.29) is 10.1 Å². The highest BCUT2D eigenvalue weighted by Gasteiger charge is 2.32. The van der Waals surface area contributed by atoms with Crippen molar-refractivity contribution in [1.82, 2.24) is 4.98 Å². The largest absolute Gasteiger partial charge is 0.430 e. The number of hydrogen-bond donors (Lipinski definition) is 0. The maximum atomic E-state index is 13.4. The topological polar surface area (TPSA) is 26.0 Å². The normalized spacial score (nSPS) is 14.6. The Morgan fingerprint density at radius 2 is 1.74 bits per heavy atom. The van der Waals surface area contributed by atoms with Gasteiger partial charge in [0.1, 0.15) is 0 Å². The molecule has 4 heteroatoms. The molecule has 1 heterocycles. The molecule has 0 radical (unpaired) electrons. The Labute approximate surface area is 124 Å². The van der Waals surface area contributed by atoms with E-state index in [0.717, 1.165) is 32.1 Å². The molecule has 2 nitrogen and oxygen atoms in total. The van der Waals surface area contributed by atoms with E-state index in [2.05, 4.69) is 41.7 Å². The Morgan fingerprint density at radius 1 is 1.11 bits per heavy atom. The summed E-state index contributed by atoms with van der Waals surface area (Å²) < 4.78 is 19.0. The van der Waals surface area contributed by atoms with Crippen LogP contribution in [0.25, 0.3) is 0 Å². The zero-order valence-electron chi connectivity index (χ0n) is 12.3. The van der Waals surface area contributed by atoms with Crippen LogP contribution in [0.1, 0.15) is 78.0 Å². The van der Waals surface area contributed by atoms with Crippen LogP contribution in [0.15, 0.2) is 9.09 Å². The van der Waals surface area contributed by atoms with Crippen LogP contribution < -0.4 is 0 Å². The summed E-state index contributed by atoms with van der Waals surface area (Å²) in [6.07, 6.45) is 9.12. The van der Waals surface area contributed by atoms with Gasteiger partial charge in [0.15, 0.2) is 0 Å². The van der Waals surface area contributed by atoms with Crippen LogP contribution in [0, 0.1) is 5.95 Å². The minimum atomic E-state index is -0.536. The van der Waals surface area contributed by atoms with Gasteiger partial charge < -0.3 is 4.42 Å². The number of rotatable bonds is 9. The minimum absolute atomic E-state index is 0.124. The van der Waals surface area contributed by atoms with E-state index < -0.39 is 5.95 Å². The Balaban J connectivity index is 2.73. The van der Waals surface area contributed by atoms with Gasteiger partial charge in [-0.1, -0.05) is 59.3 Å². The van der Waals surface area contributed by atoms with Crippen LogP contribution in [0.2, 0.25) is 0 Å². The molecule has 0 aliphatic rings. The lowest BCUT2D eigenvalue weighted by Gasteiger charge is -2.26. The average Bonchev–Trinajstić information content (AvgIpc) is 2.73. The Bertz CT molecular complexity index is 361. The van der Waals surface area contributed by atoms with Gasteiger partial charge in [-0.05, 0) is 28.8 Å². The first-order chi connectivity index (χ1) is 9.03. The van der Waals surface area contributed by atoms with E-state index in [1.807, 2.05) is 0 Å². The van der Waals surface area contributed by atoms with Crippen molar-refractivity contribution < 1.29 is 8.81 Å². The van der Waals surface area contributed by atoms with Gasteiger partial charge in [0.05, 0.1) is 0 Å². The van der Waals surface area contributed by atoms with E-state index >= 15 is 0 Å². The summed E-state index contributed by atoms with van der Waals surface area (Å²) in [5.74, 6) is 0.00750. The highest BCUT2D eigenvalue weighted by molar-refractivity contribution is 9.10. The molecule has 0 bridgehead atoms. The van der Waals surface area contributed by atoms with Crippen molar-refractivity contribution in [3.8, 4) is 0 Å². The monoisotopic (exact) mass is 333 g/mol. The first-order valence-corrected chi connectivity index (χ1v) is 8.15. The van der Waals surface area contributed by atoms with Gasteiger partial charge in [0, 0.05) is 5.41 Å². The average molecular weight is 334 g/mol. The fourth-order valence-electron chi connectivity index (χ4n) is 2.39. The molecule has 0 N–H and O–H groups in total. The number of oxazole rings is 1. The molecule has 1 rings (SSSR count). The third-order valence-electron chi connectivity index (χ3n) is 3.73. The maximum absolute atomic E-state index is 13.4. The zero-order valence-corrected chi connectivity index (χ0v) is 13.9. The molecule has 19 heavy (non-hydrogen) atoms. The van der Waals surface area contributed by atoms with Crippen LogP contribution in [-0.4, -0.2) is 4.98 Å². The fraction of sp³-hybridized carbons (Fsp3) is 0.800. The molecular formula is C15H25BrFNO. The number of aromatic nitrogens is 1. The Hall–Kier alpha value is -0.380. The van der Waals surface area contributed by atoms with E-state index in [1.54, 1.807) is 0 Å². The van der Waals surface area contributed by atoms with Crippen LogP contribution in [-0.2, 0) is 5.41 Å². The maximum Gasteiger partial charge on any atom is 0.266 e. The molecular weight excluding hydrogens is 309 g/mol. The molecule has 1 aromatic heterocycles. The first kappa shape index (κ1) is 16.7. The predicted octanol–water partition coefficient (Wildman–Crippen LogP) is 5.99. The van der Waals surface area contributed by atoms with Gasteiger partial charge in [-0.25, -0.2) is 0 Å². The minimum Gasteiger partial charge on any atom is -0.430 e. The summed E-state index contributed by atoms with van der Waals surface area (Å²) in [5.41, 5.74) is -0.142. The molecule has 110 valence electrons. The highest BCUT2D eigenvalue weighted by Crippen LogP contribution is 2.36. The van der Waals surface area contributed by atoms with Gasteiger partial charge in [-0.3, -0.25) is 0 Å². The molecule has 0 fully saturated rings. The molecule has 0 saturated carbocycles. The lowest BCUT2D eigenvalue weighted by atomic mass is 9.80. The number of halogens is 2.